The molecule has 3 aromatic rings. The van der Waals surface area contributed by atoms with E-state index in [0.717, 1.165) is 35.3 Å². The van der Waals surface area contributed by atoms with Gasteiger partial charge in [-0.15, -0.1) is 0 Å². The zero-order valence-electron chi connectivity index (χ0n) is 15.7. The van der Waals surface area contributed by atoms with E-state index in [9.17, 15) is 32.9 Å². The summed E-state index contributed by atoms with van der Waals surface area (Å²) in [5.74, 6) is -2.21. The second-order valence-corrected chi connectivity index (χ2v) is 6.55. The summed E-state index contributed by atoms with van der Waals surface area (Å²) in [6, 6.07) is 5.74. The van der Waals surface area contributed by atoms with Gasteiger partial charge in [0.2, 0.25) is 0 Å². The number of carbonyl (C=O) groups is 2. The Balaban J connectivity index is 1.78. The Labute approximate surface area is 181 Å². The monoisotopic (exact) mass is 469 g/mol. The number of nitro groups is 1. The number of esters is 1. The number of amides is 1. The minimum Gasteiger partial charge on any atom is -0.452 e. The molecule has 1 amide bonds. The second-order valence-electron chi connectivity index (χ2n) is 6.11. The van der Waals surface area contributed by atoms with Gasteiger partial charge in [0.05, 0.1) is 21.9 Å². The number of benzene rings is 2. The van der Waals surface area contributed by atoms with E-state index in [4.69, 9.17) is 16.3 Å². The number of rotatable bonds is 6. The Morgan fingerprint density at radius 2 is 1.97 bits per heavy atom. The van der Waals surface area contributed by atoms with E-state index in [-0.39, 0.29) is 16.4 Å². The molecule has 166 valence electrons. The summed E-state index contributed by atoms with van der Waals surface area (Å²) in [6.45, 7) is -0.935. The van der Waals surface area contributed by atoms with Crippen LogP contribution >= 0.6 is 11.6 Å². The zero-order chi connectivity index (χ0) is 23.5. The fraction of sp³-hybridized carbons (Fsp3) is 0.111. The standard InChI is InChI=1S/C18H11ClF3N5O5/c19-11-2-4-14(27(30)31)12(6-11)17(29)32-7-16(28)25-13-5-10(18(20,21)22)1-3-15(13)26-9-23-8-24-26/h1-6,8-9H,7H2,(H,25,28). The third kappa shape index (κ3) is 5.18. The van der Waals surface area contributed by atoms with E-state index >= 15 is 0 Å². The summed E-state index contributed by atoms with van der Waals surface area (Å²) < 4.78 is 45.1. The van der Waals surface area contributed by atoms with Crippen molar-refractivity contribution in [1.29, 1.82) is 0 Å². The van der Waals surface area contributed by atoms with Crippen molar-refractivity contribution in [3.05, 3.63) is 75.3 Å². The van der Waals surface area contributed by atoms with E-state index < -0.39 is 46.4 Å². The molecular formula is C18H11ClF3N5O5. The molecule has 1 heterocycles. The quantitative estimate of drug-likeness (QED) is 0.331. The molecule has 0 aliphatic carbocycles. The molecule has 10 nitrogen and oxygen atoms in total. The Kier molecular flexibility index (Phi) is 6.39. The van der Waals surface area contributed by atoms with Crippen molar-refractivity contribution in [2.45, 2.75) is 6.18 Å². The number of nitro benzene ring substituents is 1. The molecule has 0 spiro atoms. The molecule has 0 radical (unpaired) electrons. The van der Waals surface area contributed by atoms with E-state index in [1.807, 2.05) is 0 Å². The second kappa shape index (κ2) is 9.01. The lowest BCUT2D eigenvalue weighted by Gasteiger charge is -2.14. The maximum absolute atomic E-state index is 13.1. The molecular weight excluding hydrogens is 459 g/mol. The lowest BCUT2D eigenvalue weighted by Crippen LogP contribution is -2.22. The highest BCUT2D eigenvalue weighted by atomic mass is 35.5. The maximum Gasteiger partial charge on any atom is 0.416 e. The first-order valence-corrected chi connectivity index (χ1v) is 8.91. The minimum atomic E-state index is -4.68. The summed E-state index contributed by atoms with van der Waals surface area (Å²) in [6.07, 6.45) is -2.34. The predicted molar refractivity (Wildman–Crippen MR) is 103 cm³/mol. The van der Waals surface area contributed by atoms with Crippen LogP contribution in [0.4, 0.5) is 24.5 Å². The molecule has 0 saturated carbocycles. The van der Waals surface area contributed by atoms with Gasteiger partial charge in [-0.1, -0.05) is 11.6 Å². The molecule has 0 saturated heterocycles. The Morgan fingerprint density at radius 3 is 2.59 bits per heavy atom. The van der Waals surface area contributed by atoms with Crippen LogP contribution in [0.1, 0.15) is 15.9 Å². The van der Waals surface area contributed by atoms with Gasteiger partial charge in [0.1, 0.15) is 18.2 Å². The lowest BCUT2D eigenvalue weighted by atomic mass is 10.1. The predicted octanol–water partition coefficient (Wildman–Crippen LogP) is 3.64. The number of hydrogen-bond donors (Lipinski definition) is 1. The van der Waals surface area contributed by atoms with Gasteiger partial charge in [0.25, 0.3) is 11.6 Å². The molecule has 0 bridgehead atoms. The van der Waals surface area contributed by atoms with Gasteiger partial charge < -0.3 is 10.1 Å². The van der Waals surface area contributed by atoms with E-state index in [1.54, 1.807) is 0 Å². The lowest BCUT2D eigenvalue weighted by molar-refractivity contribution is -0.385. The third-order valence-corrected chi connectivity index (χ3v) is 4.21. The van der Waals surface area contributed by atoms with Gasteiger partial charge in [-0.2, -0.15) is 18.3 Å². The average molecular weight is 470 g/mol. The van der Waals surface area contributed by atoms with Crippen molar-refractivity contribution in [1.82, 2.24) is 14.8 Å². The molecule has 1 N–H and O–H groups in total. The zero-order valence-corrected chi connectivity index (χ0v) is 16.4. The molecule has 0 atom stereocenters. The van der Waals surface area contributed by atoms with Crippen molar-refractivity contribution in [2.24, 2.45) is 0 Å². The largest absolute Gasteiger partial charge is 0.452 e. The van der Waals surface area contributed by atoms with Gasteiger partial charge in [0, 0.05) is 11.1 Å². The number of carbonyl (C=O) groups excluding carboxylic acids is 2. The van der Waals surface area contributed by atoms with Crippen LogP contribution in [0.2, 0.25) is 5.02 Å². The van der Waals surface area contributed by atoms with Gasteiger partial charge >= 0.3 is 12.1 Å². The number of hydrogen-bond acceptors (Lipinski definition) is 7. The molecule has 2 aromatic carbocycles. The van der Waals surface area contributed by atoms with Gasteiger partial charge in [-0.3, -0.25) is 14.9 Å². The van der Waals surface area contributed by atoms with Crippen molar-refractivity contribution in [3.63, 3.8) is 0 Å². The normalized spacial score (nSPS) is 11.1. The van der Waals surface area contributed by atoms with E-state index in [1.165, 1.54) is 12.4 Å². The minimum absolute atomic E-state index is 0.0217. The number of nitrogens with one attached hydrogen (secondary N) is 1. The molecule has 32 heavy (non-hydrogen) atoms. The molecule has 0 unspecified atom stereocenters. The topological polar surface area (TPSA) is 129 Å². The Hall–Kier alpha value is -4.00. The highest BCUT2D eigenvalue weighted by Crippen LogP contribution is 2.33. The molecule has 0 aliphatic heterocycles. The summed E-state index contributed by atoms with van der Waals surface area (Å²) in [7, 11) is 0. The van der Waals surface area contributed by atoms with Crippen LogP contribution in [-0.2, 0) is 15.7 Å². The van der Waals surface area contributed by atoms with Crippen molar-refractivity contribution in [2.75, 3.05) is 11.9 Å². The first kappa shape index (κ1) is 22.7. The van der Waals surface area contributed by atoms with Crippen LogP contribution in [0.5, 0.6) is 0 Å². The van der Waals surface area contributed by atoms with Crippen LogP contribution in [0.3, 0.4) is 0 Å². The number of anilines is 1. The summed E-state index contributed by atoms with van der Waals surface area (Å²) >= 11 is 5.74. The highest BCUT2D eigenvalue weighted by molar-refractivity contribution is 6.31. The third-order valence-electron chi connectivity index (χ3n) is 3.97. The maximum atomic E-state index is 13.1. The van der Waals surface area contributed by atoms with E-state index in [2.05, 4.69) is 15.4 Å². The van der Waals surface area contributed by atoms with Crippen LogP contribution in [-0.4, -0.2) is 38.2 Å². The van der Waals surface area contributed by atoms with Crippen LogP contribution in [0, 0.1) is 10.1 Å². The molecule has 3 rings (SSSR count). The highest BCUT2D eigenvalue weighted by Gasteiger charge is 2.31. The van der Waals surface area contributed by atoms with Crippen molar-refractivity contribution < 1.29 is 32.4 Å². The summed E-state index contributed by atoms with van der Waals surface area (Å²) in [5, 5.41) is 17.1. The van der Waals surface area contributed by atoms with Gasteiger partial charge in [-0.25, -0.2) is 14.5 Å². The summed E-state index contributed by atoms with van der Waals surface area (Å²) in [5.41, 5.74) is -2.33. The number of halogens is 4. The fourth-order valence-electron chi connectivity index (χ4n) is 2.57. The van der Waals surface area contributed by atoms with Crippen molar-refractivity contribution in [3.8, 4) is 5.69 Å². The van der Waals surface area contributed by atoms with Gasteiger partial charge in [-0.05, 0) is 30.3 Å². The SMILES string of the molecule is O=C(COC(=O)c1cc(Cl)ccc1[N+](=O)[O-])Nc1cc(C(F)(F)F)ccc1-n1cncn1. The van der Waals surface area contributed by atoms with Crippen molar-refractivity contribution >= 4 is 34.9 Å². The summed E-state index contributed by atoms with van der Waals surface area (Å²) in [4.78, 5) is 38.3. The van der Waals surface area contributed by atoms with Crippen LogP contribution in [0.15, 0.2) is 49.1 Å². The molecule has 0 aliphatic rings. The molecule has 1 aromatic heterocycles. The van der Waals surface area contributed by atoms with Gasteiger partial charge in [0.15, 0.2) is 6.61 Å². The Morgan fingerprint density at radius 1 is 1.22 bits per heavy atom. The number of ether oxygens (including phenoxy) is 1. The van der Waals surface area contributed by atoms with Crippen LogP contribution < -0.4 is 5.32 Å². The fourth-order valence-corrected chi connectivity index (χ4v) is 2.74. The first-order chi connectivity index (χ1) is 15.1. The number of nitrogens with zero attached hydrogens (tertiary/aromatic N) is 4. The van der Waals surface area contributed by atoms with Crippen LogP contribution in [0.25, 0.3) is 5.69 Å². The first-order valence-electron chi connectivity index (χ1n) is 8.53. The smallest absolute Gasteiger partial charge is 0.416 e. The Bertz CT molecular complexity index is 1180. The average Bonchev–Trinajstić information content (AvgIpc) is 3.25. The van der Waals surface area contributed by atoms with E-state index in [0.29, 0.717) is 6.07 Å². The number of aromatic nitrogens is 3. The molecule has 0 fully saturated rings. The molecule has 14 heteroatoms. The number of alkyl halides is 3.